The molecule has 1 nitrogen and oxygen atoms in total. The number of hydrogen-bond donors (Lipinski definition) is 1. The lowest BCUT2D eigenvalue weighted by molar-refractivity contribution is 0.0223. The van der Waals surface area contributed by atoms with Gasteiger partial charge in [0.15, 0.2) is 0 Å². The van der Waals surface area contributed by atoms with Crippen LogP contribution in [0.5, 0.6) is 0 Å². The van der Waals surface area contributed by atoms with E-state index >= 15 is 0 Å². The predicted molar refractivity (Wildman–Crippen MR) is 58.8 cm³/mol. The summed E-state index contributed by atoms with van der Waals surface area (Å²) in [7, 11) is 0. The standard InChI is InChI=1S/C12H26O/c1-6-11(4)9-12(5,13)8-7-10(2)3/h10-11,13H,6-9H2,1-5H3. The van der Waals surface area contributed by atoms with Gasteiger partial charge in [0, 0.05) is 0 Å². The van der Waals surface area contributed by atoms with Crippen molar-refractivity contribution in [1.82, 2.24) is 0 Å². The van der Waals surface area contributed by atoms with E-state index in [2.05, 4.69) is 27.7 Å². The Morgan fingerprint density at radius 1 is 1.23 bits per heavy atom. The summed E-state index contributed by atoms with van der Waals surface area (Å²) in [6.45, 7) is 10.8. The van der Waals surface area contributed by atoms with Crippen molar-refractivity contribution in [2.75, 3.05) is 0 Å². The Labute approximate surface area is 83.5 Å². The molecule has 1 N–H and O–H groups in total. The maximum absolute atomic E-state index is 10.1. The molecule has 0 spiro atoms. The number of aliphatic hydroxyl groups is 1. The highest BCUT2D eigenvalue weighted by Gasteiger charge is 2.22. The summed E-state index contributed by atoms with van der Waals surface area (Å²) in [6, 6.07) is 0. The Bertz CT molecular complexity index is 127. The SMILES string of the molecule is CCC(C)CC(C)(O)CCC(C)C. The lowest BCUT2D eigenvalue weighted by Gasteiger charge is -2.27. The van der Waals surface area contributed by atoms with Gasteiger partial charge in [-0.25, -0.2) is 0 Å². The fourth-order valence-electron chi connectivity index (χ4n) is 1.60. The van der Waals surface area contributed by atoms with Crippen molar-refractivity contribution in [2.24, 2.45) is 11.8 Å². The molecule has 0 bridgehead atoms. The zero-order valence-corrected chi connectivity index (χ0v) is 9.93. The van der Waals surface area contributed by atoms with Crippen LogP contribution in [0.3, 0.4) is 0 Å². The third kappa shape index (κ3) is 7.06. The van der Waals surface area contributed by atoms with Crippen molar-refractivity contribution >= 4 is 0 Å². The highest BCUT2D eigenvalue weighted by molar-refractivity contribution is 4.75. The van der Waals surface area contributed by atoms with Gasteiger partial charge in [0.05, 0.1) is 5.60 Å². The van der Waals surface area contributed by atoms with Gasteiger partial charge in [0.2, 0.25) is 0 Å². The molecule has 2 atom stereocenters. The van der Waals surface area contributed by atoms with Crippen LogP contribution in [0, 0.1) is 11.8 Å². The van der Waals surface area contributed by atoms with Crippen molar-refractivity contribution in [1.29, 1.82) is 0 Å². The van der Waals surface area contributed by atoms with Crippen molar-refractivity contribution in [2.45, 2.75) is 65.9 Å². The summed E-state index contributed by atoms with van der Waals surface area (Å²) < 4.78 is 0. The van der Waals surface area contributed by atoms with Gasteiger partial charge < -0.3 is 5.11 Å². The van der Waals surface area contributed by atoms with Gasteiger partial charge in [-0.05, 0) is 38.0 Å². The molecule has 0 fully saturated rings. The molecular weight excluding hydrogens is 160 g/mol. The smallest absolute Gasteiger partial charge is 0.0622 e. The first-order valence-corrected chi connectivity index (χ1v) is 5.59. The molecule has 0 amide bonds. The molecule has 0 aliphatic carbocycles. The Morgan fingerprint density at radius 3 is 2.15 bits per heavy atom. The van der Waals surface area contributed by atoms with E-state index in [1.54, 1.807) is 0 Å². The van der Waals surface area contributed by atoms with E-state index in [0.29, 0.717) is 11.8 Å². The Morgan fingerprint density at radius 2 is 1.77 bits per heavy atom. The second-order valence-corrected chi connectivity index (χ2v) is 5.15. The maximum Gasteiger partial charge on any atom is 0.0622 e. The van der Waals surface area contributed by atoms with Crippen molar-refractivity contribution in [3.05, 3.63) is 0 Å². The van der Waals surface area contributed by atoms with E-state index in [1.165, 1.54) is 0 Å². The van der Waals surface area contributed by atoms with Gasteiger partial charge in [-0.2, -0.15) is 0 Å². The van der Waals surface area contributed by atoms with E-state index in [1.807, 2.05) is 6.92 Å². The molecule has 0 rings (SSSR count). The molecule has 0 aliphatic heterocycles. The Hall–Kier alpha value is -0.0400. The zero-order valence-electron chi connectivity index (χ0n) is 9.93. The van der Waals surface area contributed by atoms with Gasteiger partial charge in [-0.15, -0.1) is 0 Å². The van der Waals surface area contributed by atoms with Gasteiger partial charge in [-0.1, -0.05) is 34.1 Å². The molecule has 0 aromatic carbocycles. The van der Waals surface area contributed by atoms with Gasteiger partial charge >= 0.3 is 0 Å². The Balaban J connectivity index is 3.79. The van der Waals surface area contributed by atoms with Crippen molar-refractivity contribution in [3.63, 3.8) is 0 Å². The highest BCUT2D eigenvalue weighted by Crippen LogP contribution is 2.25. The summed E-state index contributed by atoms with van der Waals surface area (Å²) in [5, 5.41) is 10.1. The predicted octanol–water partition coefficient (Wildman–Crippen LogP) is 3.61. The van der Waals surface area contributed by atoms with Crippen LogP contribution in [-0.4, -0.2) is 10.7 Å². The van der Waals surface area contributed by atoms with Gasteiger partial charge in [0.1, 0.15) is 0 Å². The summed E-state index contributed by atoms with van der Waals surface area (Å²) in [5.74, 6) is 1.34. The highest BCUT2D eigenvalue weighted by atomic mass is 16.3. The molecule has 80 valence electrons. The molecule has 0 radical (unpaired) electrons. The average molecular weight is 186 g/mol. The lowest BCUT2D eigenvalue weighted by atomic mass is 9.86. The molecule has 0 heterocycles. The third-order valence-corrected chi connectivity index (χ3v) is 2.75. The van der Waals surface area contributed by atoms with Crippen LogP contribution >= 0.6 is 0 Å². The quantitative estimate of drug-likeness (QED) is 0.672. The fourth-order valence-corrected chi connectivity index (χ4v) is 1.60. The van der Waals surface area contributed by atoms with Crippen LogP contribution in [0.1, 0.15) is 60.3 Å². The van der Waals surface area contributed by atoms with E-state index in [9.17, 15) is 5.11 Å². The van der Waals surface area contributed by atoms with Crippen molar-refractivity contribution in [3.8, 4) is 0 Å². The monoisotopic (exact) mass is 186 g/mol. The first kappa shape index (κ1) is 13.0. The maximum atomic E-state index is 10.1. The van der Waals surface area contributed by atoms with E-state index in [-0.39, 0.29) is 0 Å². The first-order valence-electron chi connectivity index (χ1n) is 5.59. The first-order chi connectivity index (χ1) is 5.87. The number of hydrogen-bond acceptors (Lipinski definition) is 1. The third-order valence-electron chi connectivity index (χ3n) is 2.75. The summed E-state index contributed by atoms with van der Waals surface area (Å²) in [4.78, 5) is 0. The van der Waals surface area contributed by atoms with Crippen LogP contribution in [0.4, 0.5) is 0 Å². The molecule has 0 aromatic heterocycles. The molecular formula is C12H26O. The molecule has 0 saturated carbocycles. The zero-order chi connectivity index (χ0) is 10.5. The van der Waals surface area contributed by atoms with E-state index in [4.69, 9.17) is 0 Å². The molecule has 2 unspecified atom stereocenters. The largest absolute Gasteiger partial charge is 0.390 e. The summed E-state index contributed by atoms with van der Waals surface area (Å²) in [6.07, 6.45) is 4.17. The van der Waals surface area contributed by atoms with Crippen LogP contribution < -0.4 is 0 Å². The van der Waals surface area contributed by atoms with Crippen LogP contribution in [0.15, 0.2) is 0 Å². The van der Waals surface area contributed by atoms with Crippen LogP contribution in [-0.2, 0) is 0 Å². The second kappa shape index (κ2) is 5.64. The van der Waals surface area contributed by atoms with Crippen LogP contribution in [0.25, 0.3) is 0 Å². The number of rotatable bonds is 6. The van der Waals surface area contributed by atoms with Crippen LogP contribution in [0.2, 0.25) is 0 Å². The average Bonchev–Trinajstić information content (AvgIpc) is 2.00. The molecule has 0 aliphatic rings. The minimum absolute atomic E-state index is 0.445. The normalized spacial score (nSPS) is 18.7. The minimum Gasteiger partial charge on any atom is -0.390 e. The lowest BCUT2D eigenvalue weighted by Crippen LogP contribution is -2.27. The Kier molecular flexibility index (Phi) is 5.62. The second-order valence-electron chi connectivity index (χ2n) is 5.15. The topological polar surface area (TPSA) is 20.2 Å². The van der Waals surface area contributed by atoms with Gasteiger partial charge in [0.25, 0.3) is 0 Å². The summed E-state index contributed by atoms with van der Waals surface area (Å²) >= 11 is 0. The molecule has 13 heavy (non-hydrogen) atoms. The van der Waals surface area contributed by atoms with Crippen molar-refractivity contribution < 1.29 is 5.11 Å². The molecule has 1 heteroatoms. The fraction of sp³-hybridized carbons (Fsp3) is 1.00. The molecule has 0 saturated heterocycles. The minimum atomic E-state index is -0.445. The van der Waals surface area contributed by atoms with Gasteiger partial charge in [-0.3, -0.25) is 0 Å². The summed E-state index contributed by atoms with van der Waals surface area (Å²) in [5.41, 5.74) is -0.445. The van der Waals surface area contributed by atoms with E-state index < -0.39 is 5.60 Å². The van der Waals surface area contributed by atoms with E-state index in [0.717, 1.165) is 25.7 Å². The molecule has 0 aromatic rings.